The molecule has 2 rings (SSSR count). The van der Waals surface area contributed by atoms with E-state index in [9.17, 15) is 36.9 Å². The topological polar surface area (TPSA) is 81.5 Å². The second-order valence-corrected chi connectivity index (χ2v) is 6.34. The Bertz CT molecular complexity index is 967. The highest BCUT2D eigenvalue weighted by Crippen LogP contribution is 2.36. The lowest BCUT2D eigenvalue weighted by Gasteiger charge is -2.28. The summed E-state index contributed by atoms with van der Waals surface area (Å²) in [6, 6.07) is 2.89. The lowest BCUT2D eigenvalue weighted by Crippen LogP contribution is -2.57. The van der Waals surface area contributed by atoms with E-state index < -0.39 is 55.8 Å². The standard InChI is InChI=1S/C18H17F5N3O4/c1-4-26(3,24-2)17(27)12-9-11(5-6-15(12)25(28)29)30-16-13(19)7-10(8-14(16)20)18(21,22)23/h5-9,24H,4H2,1-3H3/q+1. The normalized spacial score (nSPS) is 13.6. The van der Waals surface area contributed by atoms with Crippen molar-refractivity contribution < 1.29 is 41.0 Å². The predicted molar refractivity (Wildman–Crippen MR) is 94.6 cm³/mol. The molecule has 30 heavy (non-hydrogen) atoms. The minimum Gasteiger partial charge on any atom is -0.451 e. The second-order valence-electron chi connectivity index (χ2n) is 6.34. The molecule has 1 atom stereocenters. The molecule has 2 aromatic carbocycles. The highest BCUT2D eigenvalue weighted by atomic mass is 19.4. The smallest absolute Gasteiger partial charge is 0.416 e. The lowest BCUT2D eigenvalue weighted by molar-refractivity contribution is -0.870. The van der Waals surface area contributed by atoms with E-state index in [1.54, 1.807) is 6.92 Å². The zero-order chi connectivity index (χ0) is 22.9. The first-order valence-electron chi connectivity index (χ1n) is 8.46. The number of halogens is 5. The summed E-state index contributed by atoms with van der Waals surface area (Å²) in [7, 11) is 2.91. The van der Waals surface area contributed by atoms with Gasteiger partial charge in [0, 0.05) is 19.2 Å². The van der Waals surface area contributed by atoms with Gasteiger partial charge in [0.25, 0.3) is 5.69 Å². The van der Waals surface area contributed by atoms with Gasteiger partial charge in [0.1, 0.15) is 12.3 Å². The number of nitro groups is 1. The fourth-order valence-corrected chi connectivity index (χ4v) is 2.52. The van der Waals surface area contributed by atoms with Crippen LogP contribution in [0.25, 0.3) is 0 Å². The number of nitro benzene ring substituents is 1. The van der Waals surface area contributed by atoms with Crippen LogP contribution >= 0.6 is 0 Å². The lowest BCUT2D eigenvalue weighted by atomic mass is 10.1. The molecule has 0 saturated carbocycles. The van der Waals surface area contributed by atoms with Crippen molar-refractivity contribution >= 4 is 11.6 Å². The van der Waals surface area contributed by atoms with Gasteiger partial charge in [-0.25, -0.2) is 13.6 Å². The average molecular weight is 434 g/mol. The fraction of sp³-hybridized carbons (Fsp3) is 0.278. The summed E-state index contributed by atoms with van der Waals surface area (Å²) in [6.07, 6.45) is -4.97. The summed E-state index contributed by atoms with van der Waals surface area (Å²) < 4.78 is 70.6. The zero-order valence-electron chi connectivity index (χ0n) is 16.0. The van der Waals surface area contributed by atoms with Gasteiger partial charge in [0.15, 0.2) is 22.9 Å². The maximum Gasteiger partial charge on any atom is 0.416 e. The monoisotopic (exact) mass is 434 g/mol. The maximum absolute atomic E-state index is 14.0. The Morgan fingerprint density at radius 2 is 1.77 bits per heavy atom. The van der Waals surface area contributed by atoms with Crippen molar-refractivity contribution in [3.05, 3.63) is 63.2 Å². The number of alkyl halides is 3. The molecule has 1 amide bonds. The number of carbonyl (C=O) groups excluding carboxylic acids is 1. The van der Waals surface area contributed by atoms with Gasteiger partial charge in [-0.15, -0.1) is 0 Å². The molecule has 0 saturated heterocycles. The predicted octanol–water partition coefficient (Wildman–Crippen LogP) is 4.43. The summed E-state index contributed by atoms with van der Waals surface area (Å²) in [5, 5.41) is 11.3. The van der Waals surface area contributed by atoms with Crippen molar-refractivity contribution in [1.29, 1.82) is 0 Å². The van der Waals surface area contributed by atoms with Gasteiger partial charge < -0.3 is 4.74 Å². The van der Waals surface area contributed by atoms with Crippen LogP contribution < -0.4 is 10.2 Å². The molecular formula is C18H17F5N3O4+. The number of benzene rings is 2. The third kappa shape index (κ3) is 4.54. The molecule has 1 N–H and O–H groups in total. The van der Waals surface area contributed by atoms with Crippen molar-refractivity contribution in [2.24, 2.45) is 0 Å². The Hall–Kier alpha value is -3.12. The van der Waals surface area contributed by atoms with E-state index in [1.807, 2.05) is 0 Å². The minimum atomic E-state index is -4.97. The van der Waals surface area contributed by atoms with Crippen molar-refractivity contribution in [1.82, 2.24) is 5.43 Å². The zero-order valence-corrected chi connectivity index (χ0v) is 16.0. The van der Waals surface area contributed by atoms with E-state index in [1.165, 1.54) is 14.1 Å². The Morgan fingerprint density at radius 3 is 2.20 bits per heavy atom. The summed E-state index contributed by atoms with van der Waals surface area (Å²) in [4.78, 5) is 23.3. The average Bonchev–Trinajstić information content (AvgIpc) is 2.68. The fourth-order valence-electron chi connectivity index (χ4n) is 2.52. The van der Waals surface area contributed by atoms with E-state index in [0.717, 1.165) is 18.2 Å². The largest absolute Gasteiger partial charge is 0.451 e. The van der Waals surface area contributed by atoms with Crippen LogP contribution in [0.4, 0.5) is 27.6 Å². The van der Waals surface area contributed by atoms with Crippen LogP contribution in [0.3, 0.4) is 0 Å². The highest BCUT2D eigenvalue weighted by molar-refractivity contribution is 5.93. The minimum absolute atomic E-state index is 0.0575. The molecular weight excluding hydrogens is 417 g/mol. The van der Waals surface area contributed by atoms with E-state index in [4.69, 9.17) is 4.74 Å². The van der Waals surface area contributed by atoms with Crippen LogP contribution in [0.1, 0.15) is 22.8 Å². The molecule has 0 aliphatic rings. The molecule has 0 heterocycles. The van der Waals surface area contributed by atoms with Crippen LogP contribution in [0, 0.1) is 21.7 Å². The van der Waals surface area contributed by atoms with E-state index in [2.05, 4.69) is 5.43 Å². The number of nitrogens with zero attached hydrogens (tertiary/aromatic N) is 2. The summed E-state index contributed by atoms with van der Waals surface area (Å²) in [6.45, 7) is 1.85. The first-order valence-corrected chi connectivity index (χ1v) is 8.46. The molecule has 12 heteroatoms. The van der Waals surface area contributed by atoms with Gasteiger partial charge in [0.05, 0.1) is 17.5 Å². The summed E-state index contributed by atoms with van der Waals surface area (Å²) in [5.74, 6) is -5.50. The van der Waals surface area contributed by atoms with E-state index in [-0.39, 0.29) is 24.4 Å². The first-order chi connectivity index (χ1) is 13.8. The van der Waals surface area contributed by atoms with Gasteiger partial charge in [0.2, 0.25) is 0 Å². The first kappa shape index (κ1) is 23.2. The molecule has 1 unspecified atom stereocenters. The van der Waals surface area contributed by atoms with E-state index >= 15 is 0 Å². The van der Waals surface area contributed by atoms with Gasteiger partial charge in [-0.05, 0) is 25.1 Å². The van der Waals surface area contributed by atoms with Crippen molar-refractivity contribution in [3.8, 4) is 11.5 Å². The molecule has 0 spiro atoms. The third-order valence-electron chi connectivity index (χ3n) is 4.51. The number of carbonyl (C=O) groups is 1. The third-order valence-corrected chi connectivity index (χ3v) is 4.51. The van der Waals surface area contributed by atoms with Gasteiger partial charge in [-0.1, -0.05) is 0 Å². The van der Waals surface area contributed by atoms with Crippen LogP contribution in [0.2, 0.25) is 0 Å². The van der Waals surface area contributed by atoms with Crippen LogP contribution in [0.15, 0.2) is 30.3 Å². The van der Waals surface area contributed by atoms with Crippen LogP contribution in [0.5, 0.6) is 11.5 Å². The number of amides is 1. The molecule has 0 fully saturated rings. The second kappa shape index (κ2) is 8.32. The maximum atomic E-state index is 14.0. The molecule has 2 aromatic rings. The van der Waals surface area contributed by atoms with Crippen molar-refractivity contribution in [3.63, 3.8) is 0 Å². The van der Waals surface area contributed by atoms with Gasteiger partial charge in [-0.2, -0.15) is 23.2 Å². The van der Waals surface area contributed by atoms with Crippen LogP contribution in [-0.2, 0) is 6.18 Å². The molecule has 7 nitrogen and oxygen atoms in total. The highest BCUT2D eigenvalue weighted by Gasteiger charge is 2.37. The SMILES string of the molecule is CC[N+](C)(NC)C(=O)c1cc(Oc2c(F)cc(C(F)(F)F)cc2F)ccc1[N+](=O)[O-]. The number of nitrogens with one attached hydrogen (secondary N) is 1. The molecule has 0 aromatic heterocycles. The number of hydrogen-bond acceptors (Lipinski definition) is 5. The number of rotatable bonds is 6. The van der Waals surface area contributed by atoms with Crippen LogP contribution in [-0.4, -0.2) is 36.1 Å². The molecule has 0 bridgehead atoms. The van der Waals surface area contributed by atoms with E-state index in [0.29, 0.717) is 0 Å². The van der Waals surface area contributed by atoms with Crippen molar-refractivity contribution in [2.75, 3.05) is 20.6 Å². The Labute approximate surface area is 167 Å². The summed E-state index contributed by atoms with van der Waals surface area (Å²) in [5.41, 5.74) is 0.163. The summed E-state index contributed by atoms with van der Waals surface area (Å²) >= 11 is 0. The molecule has 0 aliphatic heterocycles. The quantitative estimate of drug-likeness (QED) is 0.315. The Kier molecular flexibility index (Phi) is 6.42. The van der Waals surface area contributed by atoms with Crippen molar-refractivity contribution in [2.45, 2.75) is 13.1 Å². The van der Waals surface area contributed by atoms with Gasteiger partial charge >= 0.3 is 12.1 Å². The Balaban J connectivity index is 2.53. The van der Waals surface area contributed by atoms with Gasteiger partial charge in [-0.3, -0.25) is 10.1 Å². The number of hydrogen-bond donors (Lipinski definition) is 1. The molecule has 0 radical (unpaired) electrons. The number of ether oxygens (including phenoxy) is 1. The Morgan fingerprint density at radius 1 is 1.20 bits per heavy atom. The molecule has 162 valence electrons. The number of quaternary nitrogens is 1. The molecule has 0 aliphatic carbocycles.